The Hall–Kier alpha value is -1.76. The normalized spacial score (nSPS) is 10.7. The second-order valence-corrected chi connectivity index (χ2v) is 4.20. The van der Waals surface area contributed by atoms with E-state index in [9.17, 15) is 0 Å². The Morgan fingerprint density at radius 2 is 1.75 bits per heavy atom. The van der Waals surface area contributed by atoms with Crippen LogP contribution in [0.1, 0.15) is 13.8 Å². The Bertz CT molecular complexity index is 506. The lowest BCUT2D eigenvalue weighted by atomic mass is 10.1. The third kappa shape index (κ3) is 2.08. The zero-order valence-corrected chi connectivity index (χ0v) is 9.73. The average Bonchev–Trinajstić information content (AvgIpc) is 2.29. The maximum absolute atomic E-state index is 5.79. The summed E-state index contributed by atoms with van der Waals surface area (Å²) in [5.74, 6) is 2.02. The van der Waals surface area contributed by atoms with Crippen molar-refractivity contribution in [3.05, 3.63) is 54.8 Å². The summed E-state index contributed by atoms with van der Waals surface area (Å²) in [5, 5.41) is 2.32. The molecule has 0 aliphatic rings. The molecule has 2 rings (SSSR count). The quantitative estimate of drug-likeness (QED) is 0.686. The first kappa shape index (κ1) is 10.7. The van der Waals surface area contributed by atoms with Gasteiger partial charge in [-0.3, -0.25) is 0 Å². The average molecular weight is 212 g/mol. The molecule has 0 aromatic heterocycles. The first-order valence-electron chi connectivity index (χ1n) is 5.53. The van der Waals surface area contributed by atoms with E-state index >= 15 is 0 Å². The largest absolute Gasteiger partial charge is 0.461 e. The number of allylic oxidation sites excluding steroid dienone is 1. The van der Waals surface area contributed by atoms with Crippen molar-refractivity contribution in [2.45, 2.75) is 13.8 Å². The van der Waals surface area contributed by atoms with Crippen molar-refractivity contribution < 1.29 is 4.74 Å². The molecule has 0 aliphatic heterocycles. The van der Waals surface area contributed by atoms with Crippen LogP contribution in [0.3, 0.4) is 0 Å². The number of ether oxygens (including phenoxy) is 1. The van der Waals surface area contributed by atoms with Crippen LogP contribution >= 0.6 is 0 Å². The lowest BCUT2D eigenvalue weighted by Crippen LogP contribution is -2.01. The van der Waals surface area contributed by atoms with Gasteiger partial charge in [-0.2, -0.15) is 0 Å². The number of fused-ring (bicyclic) bond motifs is 1. The molecule has 0 fully saturated rings. The molecule has 0 saturated heterocycles. The summed E-state index contributed by atoms with van der Waals surface area (Å²) in [6.07, 6.45) is 0. The van der Waals surface area contributed by atoms with Gasteiger partial charge in [0.1, 0.15) is 5.75 Å². The predicted octanol–water partition coefficient (Wildman–Crippen LogP) is 4.39. The minimum Gasteiger partial charge on any atom is -0.461 e. The number of rotatable bonds is 3. The van der Waals surface area contributed by atoms with E-state index in [4.69, 9.17) is 4.74 Å². The predicted molar refractivity (Wildman–Crippen MR) is 68.6 cm³/mol. The third-order valence-corrected chi connectivity index (χ3v) is 2.63. The van der Waals surface area contributed by atoms with Crippen LogP contribution in [0.25, 0.3) is 10.8 Å². The van der Waals surface area contributed by atoms with Gasteiger partial charge in [0.05, 0.1) is 5.76 Å². The second kappa shape index (κ2) is 4.40. The van der Waals surface area contributed by atoms with Gasteiger partial charge in [-0.15, -0.1) is 0 Å². The molecule has 1 heteroatoms. The Morgan fingerprint density at radius 3 is 2.50 bits per heavy atom. The maximum Gasteiger partial charge on any atom is 0.134 e. The standard InChI is InChI=1S/C15H16O/c1-11(2)12(3)16-15-10-6-8-13-7-4-5-9-14(13)15/h4-11H,3H2,1-2H3. The molecule has 82 valence electrons. The topological polar surface area (TPSA) is 9.23 Å². The number of hydrogen-bond acceptors (Lipinski definition) is 1. The van der Waals surface area contributed by atoms with Gasteiger partial charge in [-0.25, -0.2) is 0 Å². The highest BCUT2D eigenvalue weighted by Crippen LogP contribution is 2.27. The van der Waals surface area contributed by atoms with Crippen molar-refractivity contribution in [1.82, 2.24) is 0 Å². The van der Waals surface area contributed by atoms with Gasteiger partial charge in [-0.1, -0.05) is 56.8 Å². The van der Waals surface area contributed by atoms with Crippen molar-refractivity contribution in [3.8, 4) is 5.75 Å². The van der Waals surface area contributed by atoms with Gasteiger partial charge in [0.2, 0.25) is 0 Å². The van der Waals surface area contributed by atoms with Gasteiger partial charge in [0.15, 0.2) is 0 Å². The molecule has 0 atom stereocenters. The van der Waals surface area contributed by atoms with Crippen LogP contribution < -0.4 is 4.74 Å². The molecule has 1 nitrogen and oxygen atoms in total. The van der Waals surface area contributed by atoms with Crippen LogP contribution in [0.15, 0.2) is 54.8 Å². The van der Waals surface area contributed by atoms with Gasteiger partial charge >= 0.3 is 0 Å². The summed E-state index contributed by atoms with van der Waals surface area (Å²) >= 11 is 0. The zero-order chi connectivity index (χ0) is 11.5. The van der Waals surface area contributed by atoms with E-state index in [0.717, 1.165) is 16.9 Å². The molecule has 0 amide bonds. The van der Waals surface area contributed by atoms with Crippen LogP contribution in [-0.4, -0.2) is 0 Å². The van der Waals surface area contributed by atoms with E-state index in [0.29, 0.717) is 5.92 Å². The van der Waals surface area contributed by atoms with Crippen molar-refractivity contribution in [2.24, 2.45) is 5.92 Å². The molecule has 2 aromatic carbocycles. The fourth-order valence-corrected chi connectivity index (χ4v) is 1.54. The maximum atomic E-state index is 5.79. The van der Waals surface area contributed by atoms with Crippen LogP contribution in [0.2, 0.25) is 0 Å². The lowest BCUT2D eigenvalue weighted by molar-refractivity contribution is 0.375. The number of hydrogen-bond donors (Lipinski definition) is 0. The molecule has 0 N–H and O–H groups in total. The van der Waals surface area contributed by atoms with Crippen molar-refractivity contribution in [1.29, 1.82) is 0 Å². The summed E-state index contributed by atoms with van der Waals surface area (Å²) in [7, 11) is 0. The van der Waals surface area contributed by atoms with Crippen molar-refractivity contribution in [3.63, 3.8) is 0 Å². The summed E-state index contributed by atoms with van der Waals surface area (Å²) in [4.78, 5) is 0. The second-order valence-electron chi connectivity index (χ2n) is 4.20. The highest BCUT2D eigenvalue weighted by atomic mass is 16.5. The molecule has 0 radical (unpaired) electrons. The van der Waals surface area contributed by atoms with Crippen LogP contribution in [0, 0.1) is 5.92 Å². The highest BCUT2D eigenvalue weighted by molar-refractivity contribution is 5.88. The smallest absolute Gasteiger partial charge is 0.134 e. The van der Waals surface area contributed by atoms with Gasteiger partial charge in [0, 0.05) is 11.3 Å². The number of benzene rings is 2. The van der Waals surface area contributed by atoms with Gasteiger partial charge in [0.25, 0.3) is 0 Å². The Morgan fingerprint density at radius 1 is 1.06 bits per heavy atom. The molecular formula is C15H16O. The van der Waals surface area contributed by atoms with Crippen LogP contribution in [-0.2, 0) is 0 Å². The van der Waals surface area contributed by atoms with Crippen LogP contribution in [0.5, 0.6) is 5.75 Å². The molecule has 16 heavy (non-hydrogen) atoms. The minimum atomic E-state index is 0.332. The first-order valence-corrected chi connectivity index (χ1v) is 5.53. The van der Waals surface area contributed by atoms with Crippen molar-refractivity contribution in [2.75, 3.05) is 0 Å². The first-order chi connectivity index (χ1) is 7.68. The fourth-order valence-electron chi connectivity index (χ4n) is 1.54. The third-order valence-electron chi connectivity index (χ3n) is 2.63. The molecule has 0 bridgehead atoms. The minimum absolute atomic E-state index is 0.332. The Kier molecular flexibility index (Phi) is 2.95. The monoisotopic (exact) mass is 212 g/mol. The Labute approximate surface area is 96.4 Å². The molecule has 0 saturated carbocycles. The van der Waals surface area contributed by atoms with Crippen LogP contribution in [0.4, 0.5) is 0 Å². The van der Waals surface area contributed by atoms with Gasteiger partial charge < -0.3 is 4.74 Å². The summed E-state index contributed by atoms with van der Waals surface area (Å²) in [5.41, 5.74) is 0. The summed E-state index contributed by atoms with van der Waals surface area (Å²) < 4.78 is 5.79. The van der Waals surface area contributed by atoms with E-state index in [1.54, 1.807) is 0 Å². The van der Waals surface area contributed by atoms with E-state index < -0.39 is 0 Å². The molecular weight excluding hydrogens is 196 g/mol. The lowest BCUT2D eigenvalue weighted by Gasteiger charge is -2.13. The fraction of sp³-hybridized carbons (Fsp3) is 0.200. The Balaban J connectivity index is 2.41. The summed E-state index contributed by atoms with van der Waals surface area (Å²) in [6, 6.07) is 14.3. The molecule has 0 heterocycles. The molecule has 0 spiro atoms. The highest BCUT2D eigenvalue weighted by Gasteiger charge is 2.05. The van der Waals surface area contributed by atoms with E-state index in [2.05, 4.69) is 38.6 Å². The van der Waals surface area contributed by atoms with Gasteiger partial charge in [-0.05, 0) is 11.5 Å². The van der Waals surface area contributed by atoms with Crippen molar-refractivity contribution >= 4 is 10.8 Å². The van der Waals surface area contributed by atoms with E-state index in [1.807, 2.05) is 24.3 Å². The van der Waals surface area contributed by atoms with E-state index in [-0.39, 0.29) is 0 Å². The zero-order valence-electron chi connectivity index (χ0n) is 9.73. The SMILES string of the molecule is C=C(Oc1cccc2ccccc12)C(C)C. The summed E-state index contributed by atoms with van der Waals surface area (Å²) in [6.45, 7) is 8.09. The van der Waals surface area contributed by atoms with E-state index in [1.165, 1.54) is 5.39 Å². The molecule has 0 aliphatic carbocycles. The molecule has 0 unspecified atom stereocenters. The molecule has 2 aromatic rings.